The molecule has 0 radical (unpaired) electrons. The van der Waals surface area contributed by atoms with Crippen LogP contribution in [-0.2, 0) is 9.59 Å². The number of methoxy groups -OCH3 is 1. The van der Waals surface area contributed by atoms with E-state index in [9.17, 15) is 9.59 Å². The number of ether oxygens (including phenoxy) is 1. The maximum atomic E-state index is 10.8. The first-order valence-corrected chi connectivity index (χ1v) is 5.12. The van der Waals surface area contributed by atoms with Crippen molar-refractivity contribution >= 4 is 33.8 Å². The van der Waals surface area contributed by atoms with Crippen LogP contribution in [0.4, 0.5) is 0 Å². The van der Waals surface area contributed by atoms with Gasteiger partial charge in [-0.3, -0.25) is 4.79 Å². The zero-order valence-corrected chi connectivity index (χ0v) is 10.0. The fourth-order valence-corrected chi connectivity index (χ4v) is 1.39. The SMILES string of the molecule is COc1ccc(Br)c(/C=C/C(=O)C(=O)O)c1. The second-order valence-corrected chi connectivity index (χ2v) is 3.74. The van der Waals surface area contributed by atoms with Crippen molar-refractivity contribution in [3.8, 4) is 5.75 Å². The Morgan fingerprint density at radius 2 is 2.12 bits per heavy atom. The molecule has 16 heavy (non-hydrogen) atoms. The minimum absolute atomic E-state index is 0.630. The van der Waals surface area contributed by atoms with Gasteiger partial charge in [0.25, 0.3) is 5.78 Å². The Morgan fingerprint density at radius 3 is 2.69 bits per heavy atom. The third-order valence-electron chi connectivity index (χ3n) is 1.83. The van der Waals surface area contributed by atoms with Crippen molar-refractivity contribution in [2.24, 2.45) is 0 Å². The Bertz CT molecular complexity index is 451. The fourth-order valence-electron chi connectivity index (χ4n) is 1.01. The smallest absolute Gasteiger partial charge is 0.376 e. The quantitative estimate of drug-likeness (QED) is 0.680. The Morgan fingerprint density at radius 1 is 1.44 bits per heavy atom. The van der Waals surface area contributed by atoms with E-state index in [4.69, 9.17) is 9.84 Å². The van der Waals surface area contributed by atoms with Gasteiger partial charge in [-0.1, -0.05) is 15.9 Å². The molecule has 0 bridgehead atoms. The predicted molar refractivity (Wildman–Crippen MR) is 62.4 cm³/mol. The van der Waals surface area contributed by atoms with Crippen molar-refractivity contribution in [1.29, 1.82) is 0 Å². The summed E-state index contributed by atoms with van der Waals surface area (Å²) in [6.45, 7) is 0. The summed E-state index contributed by atoms with van der Waals surface area (Å²) in [5.41, 5.74) is 0.675. The van der Waals surface area contributed by atoms with Crippen LogP contribution >= 0.6 is 15.9 Å². The summed E-state index contributed by atoms with van der Waals surface area (Å²) in [7, 11) is 1.53. The summed E-state index contributed by atoms with van der Waals surface area (Å²) < 4.78 is 5.76. The maximum absolute atomic E-state index is 10.8. The topological polar surface area (TPSA) is 63.6 Å². The van der Waals surface area contributed by atoms with Gasteiger partial charge in [-0.15, -0.1) is 0 Å². The van der Waals surface area contributed by atoms with Gasteiger partial charge in [0.1, 0.15) is 5.75 Å². The fraction of sp³-hybridized carbons (Fsp3) is 0.0909. The number of hydrogen-bond acceptors (Lipinski definition) is 3. The molecule has 0 aliphatic carbocycles. The normalized spacial score (nSPS) is 10.4. The van der Waals surface area contributed by atoms with Crippen LogP contribution in [0.2, 0.25) is 0 Å². The lowest BCUT2D eigenvalue weighted by Crippen LogP contribution is -2.08. The molecule has 84 valence electrons. The van der Waals surface area contributed by atoms with E-state index >= 15 is 0 Å². The molecule has 1 aromatic rings. The molecule has 0 fully saturated rings. The highest BCUT2D eigenvalue weighted by Gasteiger charge is 2.06. The van der Waals surface area contributed by atoms with Crippen LogP contribution in [0.5, 0.6) is 5.75 Å². The van der Waals surface area contributed by atoms with Gasteiger partial charge >= 0.3 is 5.97 Å². The van der Waals surface area contributed by atoms with E-state index in [2.05, 4.69) is 15.9 Å². The first kappa shape index (κ1) is 12.4. The van der Waals surface area contributed by atoms with Crippen LogP contribution in [0, 0.1) is 0 Å². The summed E-state index contributed by atoms with van der Waals surface area (Å²) in [4.78, 5) is 21.1. The monoisotopic (exact) mass is 284 g/mol. The van der Waals surface area contributed by atoms with Crippen molar-refractivity contribution in [3.05, 3.63) is 34.3 Å². The molecule has 0 saturated heterocycles. The standard InChI is InChI=1S/C11H9BrO4/c1-16-8-3-4-9(12)7(6-8)2-5-10(13)11(14)15/h2-6H,1H3,(H,14,15)/b5-2+. The average Bonchev–Trinajstić information content (AvgIpc) is 2.27. The molecule has 1 rings (SSSR count). The minimum Gasteiger partial charge on any atom is -0.497 e. The Hall–Kier alpha value is -1.62. The Balaban J connectivity index is 2.96. The van der Waals surface area contributed by atoms with Crippen LogP contribution < -0.4 is 4.74 Å². The van der Waals surface area contributed by atoms with Crippen molar-refractivity contribution in [2.75, 3.05) is 7.11 Å². The number of ketones is 1. The van der Waals surface area contributed by atoms with Gasteiger partial charge in [0, 0.05) is 4.47 Å². The van der Waals surface area contributed by atoms with Crippen LogP contribution in [0.3, 0.4) is 0 Å². The number of halogens is 1. The average molecular weight is 285 g/mol. The third kappa shape index (κ3) is 3.20. The number of hydrogen-bond donors (Lipinski definition) is 1. The summed E-state index contributed by atoms with van der Waals surface area (Å²) in [6.07, 6.45) is 2.42. The summed E-state index contributed by atoms with van der Waals surface area (Å²) in [5.74, 6) is -1.81. The number of rotatable bonds is 4. The molecule has 1 N–H and O–H groups in total. The van der Waals surface area contributed by atoms with Gasteiger partial charge < -0.3 is 9.84 Å². The van der Waals surface area contributed by atoms with E-state index in [1.165, 1.54) is 13.2 Å². The van der Waals surface area contributed by atoms with Gasteiger partial charge in [0.15, 0.2) is 0 Å². The lowest BCUT2D eigenvalue weighted by atomic mass is 10.2. The third-order valence-corrected chi connectivity index (χ3v) is 2.55. The summed E-state index contributed by atoms with van der Waals surface area (Å²) in [6, 6.07) is 5.19. The van der Waals surface area contributed by atoms with Crippen LogP contribution in [0.15, 0.2) is 28.7 Å². The molecular formula is C11H9BrO4. The number of aliphatic carboxylic acids is 1. The zero-order valence-electron chi connectivity index (χ0n) is 8.44. The Kier molecular flexibility index (Phi) is 4.25. The second-order valence-electron chi connectivity index (χ2n) is 2.89. The lowest BCUT2D eigenvalue weighted by Gasteiger charge is -2.02. The highest BCUT2D eigenvalue weighted by molar-refractivity contribution is 9.10. The van der Waals surface area contributed by atoms with Crippen molar-refractivity contribution < 1.29 is 19.4 Å². The molecule has 0 spiro atoms. The van der Waals surface area contributed by atoms with E-state index in [1.54, 1.807) is 18.2 Å². The van der Waals surface area contributed by atoms with E-state index in [0.717, 1.165) is 10.5 Å². The molecule has 0 saturated carbocycles. The van der Waals surface area contributed by atoms with Crippen LogP contribution in [-0.4, -0.2) is 24.0 Å². The number of carbonyl (C=O) groups is 2. The van der Waals surface area contributed by atoms with Gasteiger partial charge in [-0.05, 0) is 35.9 Å². The van der Waals surface area contributed by atoms with E-state index in [0.29, 0.717) is 11.3 Å². The van der Waals surface area contributed by atoms with Crippen molar-refractivity contribution in [1.82, 2.24) is 0 Å². The summed E-state index contributed by atoms with van der Waals surface area (Å²) in [5, 5.41) is 8.39. The molecule has 0 aliphatic rings. The highest BCUT2D eigenvalue weighted by atomic mass is 79.9. The van der Waals surface area contributed by atoms with Gasteiger partial charge in [-0.2, -0.15) is 0 Å². The first-order chi connectivity index (χ1) is 7.54. The molecule has 0 amide bonds. The van der Waals surface area contributed by atoms with Crippen LogP contribution in [0.25, 0.3) is 6.08 Å². The van der Waals surface area contributed by atoms with Gasteiger partial charge in [0.2, 0.25) is 0 Å². The second kappa shape index (κ2) is 5.46. The first-order valence-electron chi connectivity index (χ1n) is 4.33. The predicted octanol–water partition coefficient (Wildman–Crippen LogP) is 2.12. The molecule has 4 nitrogen and oxygen atoms in total. The van der Waals surface area contributed by atoms with Crippen molar-refractivity contribution in [2.45, 2.75) is 0 Å². The summed E-state index contributed by atoms with van der Waals surface area (Å²) >= 11 is 3.28. The minimum atomic E-state index is -1.48. The number of carboxylic acids is 1. The molecule has 0 heterocycles. The van der Waals surface area contributed by atoms with Gasteiger partial charge in [-0.25, -0.2) is 4.79 Å². The van der Waals surface area contributed by atoms with E-state index < -0.39 is 11.8 Å². The molecule has 0 unspecified atom stereocenters. The largest absolute Gasteiger partial charge is 0.497 e. The molecular weight excluding hydrogens is 276 g/mol. The van der Waals surface area contributed by atoms with Crippen molar-refractivity contribution in [3.63, 3.8) is 0 Å². The van der Waals surface area contributed by atoms with Gasteiger partial charge in [0.05, 0.1) is 7.11 Å². The highest BCUT2D eigenvalue weighted by Crippen LogP contribution is 2.23. The molecule has 0 atom stereocenters. The number of carbonyl (C=O) groups excluding carboxylic acids is 1. The molecule has 0 aliphatic heterocycles. The lowest BCUT2D eigenvalue weighted by molar-refractivity contribution is -0.146. The number of carboxylic acid groups (broad SMARTS) is 1. The number of benzene rings is 1. The Labute approximate surface area is 101 Å². The molecule has 0 aromatic heterocycles. The zero-order chi connectivity index (χ0) is 12.1. The van der Waals surface area contributed by atoms with Crippen LogP contribution in [0.1, 0.15) is 5.56 Å². The molecule has 1 aromatic carbocycles. The molecule has 5 heteroatoms. The van der Waals surface area contributed by atoms with E-state index in [1.807, 2.05) is 0 Å². The van der Waals surface area contributed by atoms with E-state index in [-0.39, 0.29) is 0 Å². The maximum Gasteiger partial charge on any atom is 0.376 e.